The molecule has 100 valence electrons. The Balaban J connectivity index is 2.55. The van der Waals surface area contributed by atoms with E-state index < -0.39 is 17.3 Å². The molecule has 1 aromatic carbocycles. The second kappa shape index (κ2) is 5.36. The number of nitrogens with zero attached hydrogens (tertiary/aromatic N) is 2. The summed E-state index contributed by atoms with van der Waals surface area (Å²) in [5.41, 5.74) is 0.596. The fourth-order valence-electron chi connectivity index (χ4n) is 1.70. The maximum Gasteiger partial charge on any atom is 0.338 e. The molecule has 0 saturated heterocycles. The van der Waals surface area contributed by atoms with Crippen LogP contribution in [0.5, 0.6) is 5.75 Å². The summed E-state index contributed by atoms with van der Waals surface area (Å²) in [6.07, 6.45) is 0.848. The largest absolute Gasteiger partial charge is 0.508 e. The molecule has 0 radical (unpaired) electrons. The predicted octanol–water partition coefficient (Wildman–Crippen LogP) is 3.15. The Labute approximate surface area is 114 Å². The molecule has 20 heavy (non-hydrogen) atoms. The lowest BCUT2D eigenvalue weighted by atomic mass is 10.1. The van der Waals surface area contributed by atoms with Crippen LogP contribution >= 0.6 is 0 Å². The van der Waals surface area contributed by atoms with Gasteiger partial charge in [-0.2, -0.15) is 0 Å². The minimum Gasteiger partial charge on any atom is -0.508 e. The minimum absolute atomic E-state index is 0.271. The van der Waals surface area contributed by atoms with Crippen LogP contribution in [0.2, 0.25) is 0 Å². The molecule has 0 spiro atoms. The van der Waals surface area contributed by atoms with Gasteiger partial charge in [-0.1, -0.05) is 6.07 Å². The number of methoxy groups -OCH3 is 1. The Bertz CT molecular complexity index is 723. The lowest BCUT2D eigenvalue weighted by Gasteiger charge is -2.07. The number of aromatic nitrogens is 1. The molecule has 0 aliphatic heterocycles. The molecule has 1 heterocycles. The highest BCUT2D eigenvalue weighted by atomic mass is 19.1. The first-order chi connectivity index (χ1) is 9.56. The van der Waals surface area contributed by atoms with Crippen LogP contribution in [0.25, 0.3) is 16.1 Å². The standard InChI is InChI=1S/C14H9FN2O3/c1-16-12-5-8(3-4-13(12)20-2)11-6-9(14(18)19)10(15)7-17-11/h3-7H,2H3,(H,18,19). The van der Waals surface area contributed by atoms with Gasteiger partial charge < -0.3 is 9.84 Å². The SMILES string of the molecule is [C-]#[N+]c1cc(-c2cc(C(=O)O)c(F)cn2)ccc1OC. The summed E-state index contributed by atoms with van der Waals surface area (Å²) in [6.45, 7) is 7.06. The number of carboxylic acid groups (broad SMARTS) is 1. The molecule has 0 amide bonds. The highest BCUT2D eigenvalue weighted by molar-refractivity contribution is 5.89. The number of hydrogen-bond acceptors (Lipinski definition) is 3. The van der Waals surface area contributed by atoms with Gasteiger partial charge in [-0.3, -0.25) is 4.98 Å². The minimum atomic E-state index is -1.37. The zero-order chi connectivity index (χ0) is 14.7. The Morgan fingerprint density at radius 1 is 1.45 bits per heavy atom. The van der Waals surface area contributed by atoms with Crippen molar-refractivity contribution < 1.29 is 19.0 Å². The third-order valence-corrected chi connectivity index (χ3v) is 2.68. The Hall–Kier alpha value is -2.94. The number of carboxylic acids is 1. The van der Waals surface area contributed by atoms with Crippen LogP contribution in [-0.4, -0.2) is 23.2 Å². The fraction of sp³-hybridized carbons (Fsp3) is 0.0714. The van der Waals surface area contributed by atoms with E-state index in [2.05, 4.69) is 9.83 Å². The molecule has 0 unspecified atom stereocenters. The molecule has 0 aliphatic rings. The summed E-state index contributed by atoms with van der Waals surface area (Å²) < 4.78 is 18.3. The van der Waals surface area contributed by atoms with Crippen LogP contribution in [0.1, 0.15) is 10.4 Å². The Kier molecular flexibility index (Phi) is 3.62. The van der Waals surface area contributed by atoms with Gasteiger partial charge in [-0.15, -0.1) is 0 Å². The number of rotatable bonds is 3. The predicted molar refractivity (Wildman–Crippen MR) is 69.4 cm³/mol. The smallest absolute Gasteiger partial charge is 0.338 e. The Morgan fingerprint density at radius 3 is 2.80 bits per heavy atom. The van der Waals surface area contributed by atoms with E-state index in [-0.39, 0.29) is 11.4 Å². The van der Waals surface area contributed by atoms with Gasteiger partial charge in [0.15, 0.2) is 5.82 Å². The fourth-order valence-corrected chi connectivity index (χ4v) is 1.70. The van der Waals surface area contributed by atoms with Gasteiger partial charge in [-0.05, 0) is 23.8 Å². The van der Waals surface area contributed by atoms with Gasteiger partial charge >= 0.3 is 5.97 Å². The first-order valence-corrected chi connectivity index (χ1v) is 5.51. The van der Waals surface area contributed by atoms with E-state index in [0.717, 1.165) is 12.3 Å². The van der Waals surface area contributed by atoms with Crippen molar-refractivity contribution in [2.24, 2.45) is 0 Å². The topological polar surface area (TPSA) is 63.8 Å². The summed E-state index contributed by atoms with van der Waals surface area (Å²) in [5.74, 6) is -1.87. The lowest BCUT2D eigenvalue weighted by Crippen LogP contribution is -2.02. The third-order valence-electron chi connectivity index (χ3n) is 2.68. The molecule has 1 aromatic heterocycles. The molecule has 0 saturated carbocycles. The molecule has 2 rings (SSSR count). The molecule has 0 atom stereocenters. The van der Waals surface area contributed by atoms with Crippen LogP contribution in [0.3, 0.4) is 0 Å². The molecular formula is C14H9FN2O3. The van der Waals surface area contributed by atoms with E-state index in [4.69, 9.17) is 16.4 Å². The average molecular weight is 272 g/mol. The van der Waals surface area contributed by atoms with Crippen molar-refractivity contribution >= 4 is 11.7 Å². The van der Waals surface area contributed by atoms with E-state index in [1.165, 1.54) is 13.2 Å². The number of hydrogen-bond donors (Lipinski definition) is 1. The van der Waals surface area contributed by atoms with Crippen molar-refractivity contribution in [2.45, 2.75) is 0 Å². The number of pyridine rings is 1. The highest BCUT2D eigenvalue weighted by Gasteiger charge is 2.13. The van der Waals surface area contributed by atoms with Crippen LogP contribution in [0.4, 0.5) is 10.1 Å². The van der Waals surface area contributed by atoms with Gasteiger partial charge in [0.2, 0.25) is 5.69 Å². The van der Waals surface area contributed by atoms with Crippen molar-refractivity contribution in [1.29, 1.82) is 0 Å². The monoisotopic (exact) mass is 272 g/mol. The second-order valence-electron chi connectivity index (χ2n) is 3.85. The van der Waals surface area contributed by atoms with Crippen molar-refractivity contribution in [3.8, 4) is 17.0 Å². The molecule has 0 fully saturated rings. The number of ether oxygens (including phenoxy) is 1. The van der Waals surface area contributed by atoms with Gasteiger partial charge in [0.05, 0.1) is 31.1 Å². The van der Waals surface area contributed by atoms with Crippen molar-refractivity contribution in [3.05, 3.63) is 53.3 Å². The summed E-state index contributed by atoms with van der Waals surface area (Å²) in [6, 6.07) is 5.85. The van der Waals surface area contributed by atoms with Crippen molar-refractivity contribution in [1.82, 2.24) is 4.98 Å². The molecule has 6 heteroatoms. The molecule has 2 aromatic rings. The zero-order valence-corrected chi connectivity index (χ0v) is 10.4. The lowest BCUT2D eigenvalue weighted by molar-refractivity contribution is 0.0691. The molecular weight excluding hydrogens is 263 g/mol. The number of aromatic carboxylic acids is 1. The average Bonchev–Trinajstić information content (AvgIpc) is 2.46. The van der Waals surface area contributed by atoms with Gasteiger partial charge in [0.1, 0.15) is 5.75 Å². The third kappa shape index (κ3) is 2.42. The van der Waals surface area contributed by atoms with Gasteiger partial charge in [0.25, 0.3) is 0 Å². The van der Waals surface area contributed by atoms with Crippen LogP contribution < -0.4 is 4.74 Å². The second-order valence-corrected chi connectivity index (χ2v) is 3.85. The van der Waals surface area contributed by atoms with Crippen LogP contribution in [0, 0.1) is 12.4 Å². The van der Waals surface area contributed by atoms with E-state index in [0.29, 0.717) is 11.3 Å². The summed E-state index contributed by atoms with van der Waals surface area (Å²) >= 11 is 0. The zero-order valence-electron chi connectivity index (χ0n) is 10.4. The normalized spacial score (nSPS) is 9.85. The van der Waals surface area contributed by atoms with Gasteiger partial charge in [0, 0.05) is 0 Å². The molecule has 0 bridgehead atoms. The summed E-state index contributed by atoms with van der Waals surface area (Å²) in [4.78, 5) is 18.0. The van der Waals surface area contributed by atoms with E-state index in [1.54, 1.807) is 12.1 Å². The van der Waals surface area contributed by atoms with Crippen molar-refractivity contribution in [3.63, 3.8) is 0 Å². The van der Waals surface area contributed by atoms with E-state index >= 15 is 0 Å². The maximum atomic E-state index is 13.3. The van der Waals surface area contributed by atoms with Crippen molar-refractivity contribution in [2.75, 3.05) is 7.11 Å². The first kappa shape index (κ1) is 13.5. The van der Waals surface area contributed by atoms with E-state index in [1.807, 2.05) is 0 Å². The molecule has 1 N–H and O–H groups in total. The number of benzene rings is 1. The summed E-state index contributed by atoms with van der Waals surface area (Å²) in [7, 11) is 1.45. The molecule has 5 nitrogen and oxygen atoms in total. The Morgan fingerprint density at radius 2 is 2.20 bits per heavy atom. The van der Waals surface area contributed by atoms with Crippen LogP contribution in [-0.2, 0) is 0 Å². The van der Waals surface area contributed by atoms with Gasteiger partial charge in [-0.25, -0.2) is 14.0 Å². The summed E-state index contributed by atoms with van der Waals surface area (Å²) in [5, 5.41) is 8.88. The maximum absolute atomic E-state index is 13.3. The quantitative estimate of drug-likeness (QED) is 0.872. The van der Waals surface area contributed by atoms with Crippen LogP contribution in [0.15, 0.2) is 30.5 Å². The molecule has 0 aliphatic carbocycles. The number of carbonyl (C=O) groups is 1. The number of halogens is 1. The first-order valence-electron chi connectivity index (χ1n) is 5.51. The van der Waals surface area contributed by atoms with E-state index in [9.17, 15) is 9.18 Å². The highest BCUT2D eigenvalue weighted by Crippen LogP contribution is 2.32.